The lowest BCUT2D eigenvalue weighted by Crippen LogP contribution is -2.27. The molecule has 0 spiro atoms. The number of carbonyl (C=O) groups excluding carboxylic acids is 1. The minimum atomic E-state index is -1.06. The second-order valence-corrected chi connectivity index (χ2v) is 5.86. The Labute approximate surface area is 124 Å². The van der Waals surface area contributed by atoms with Crippen molar-refractivity contribution < 1.29 is 14.7 Å². The molecular weight excluding hydrogens is 290 g/mol. The smallest absolute Gasteiger partial charge is 0.348 e. The maximum Gasteiger partial charge on any atom is 0.348 e. The minimum absolute atomic E-state index is 0.0315. The summed E-state index contributed by atoms with van der Waals surface area (Å²) in [5, 5.41) is 12.3. The quantitative estimate of drug-likeness (QED) is 0.905. The predicted octanol–water partition coefficient (Wildman–Crippen LogP) is 2.64. The van der Waals surface area contributed by atoms with E-state index >= 15 is 0 Å². The molecular formula is C14H13N3O3S. The summed E-state index contributed by atoms with van der Waals surface area (Å²) in [7, 11) is 0. The number of anilines is 1. The molecule has 2 aromatic rings. The molecule has 1 fully saturated rings. The SMILES string of the molecule is O=C(O)c1sc(NC(=O)C2CCC2)nc1-c1cccnc1. The van der Waals surface area contributed by atoms with Gasteiger partial charge in [0.05, 0.1) is 5.69 Å². The van der Waals surface area contributed by atoms with Crippen LogP contribution in [0.25, 0.3) is 11.3 Å². The van der Waals surface area contributed by atoms with Gasteiger partial charge >= 0.3 is 5.97 Å². The van der Waals surface area contributed by atoms with E-state index < -0.39 is 5.97 Å². The van der Waals surface area contributed by atoms with Gasteiger partial charge in [0.2, 0.25) is 5.91 Å². The van der Waals surface area contributed by atoms with Crippen LogP contribution in [0.1, 0.15) is 28.9 Å². The number of aromatic nitrogens is 2. The van der Waals surface area contributed by atoms with Crippen LogP contribution in [0, 0.1) is 5.92 Å². The number of nitrogens with zero attached hydrogens (tertiary/aromatic N) is 2. The molecule has 21 heavy (non-hydrogen) atoms. The maximum atomic E-state index is 11.9. The Morgan fingerprint density at radius 1 is 1.38 bits per heavy atom. The van der Waals surface area contributed by atoms with Crippen LogP contribution in [0.3, 0.4) is 0 Å². The lowest BCUT2D eigenvalue weighted by molar-refractivity contribution is -0.122. The van der Waals surface area contributed by atoms with Gasteiger partial charge in [-0.2, -0.15) is 0 Å². The molecule has 0 bridgehead atoms. The van der Waals surface area contributed by atoms with Gasteiger partial charge in [0.1, 0.15) is 4.88 Å². The third kappa shape index (κ3) is 2.78. The van der Waals surface area contributed by atoms with Gasteiger partial charge in [0.25, 0.3) is 0 Å². The molecule has 3 rings (SSSR count). The van der Waals surface area contributed by atoms with Crippen LogP contribution in [0.5, 0.6) is 0 Å². The van der Waals surface area contributed by atoms with E-state index in [9.17, 15) is 14.7 Å². The van der Waals surface area contributed by atoms with Crippen LogP contribution in [-0.2, 0) is 4.79 Å². The third-order valence-corrected chi connectivity index (χ3v) is 4.42. The first-order valence-corrected chi connectivity index (χ1v) is 7.42. The van der Waals surface area contributed by atoms with Crippen LogP contribution in [0.4, 0.5) is 5.13 Å². The minimum Gasteiger partial charge on any atom is -0.477 e. The molecule has 0 radical (unpaired) electrons. The summed E-state index contributed by atoms with van der Waals surface area (Å²) in [5.74, 6) is -1.11. The highest BCUT2D eigenvalue weighted by Crippen LogP contribution is 2.32. The number of carbonyl (C=O) groups is 2. The largest absolute Gasteiger partial charge is 0.477 e. The molecule has 2 N–H and O–H groups in total. The molecule has 7 heteroatoms. The Bertz CT molecular complexity index is 680. The molecule has 0 unspecified atom stereocenters. The Morgan fingerprint density at radius 2 is 2.19 bits per heavy atom. The van der Waals surface area contributed by atoms with E-state index in [4.69, 9.17) is 0 Å². The van der Waals surface area contributed by atoms with Crippen molar-refractivity contribution in [1.29, 1.82) is 0 Å². The summed E-state index contributed by atoms with van der Waals surface area (Å²) in [6.07, 6.45) is 6.00. The van der Waals surface area contributed by atoms with Crippen LogP contribution in [-0.4, -0.2) is 27.0 Å². The highest BCUT2D eigenvalue weighted by molar-refractivity contribution is 7.18. The van der Waals surface area contributed by atoms with Gasteiger partial charge in [0, 0.05) is 23.9 Å². The number of thiazole rings is 1. The monoisotopic (exact) mass is 303 g/mol. The molecule has 108 valence electrons. The molecule has 2 heterocycles. The number of aromatic carboxylic acids is 1. The van der Waals surface area contributed by atoms with Gasteiger partial charge in [-0.05, 0) is 25.0 Å². The van der Waals surface area contributed by atoms with E-state index in [0.29, 0.717) is 16.4 Å². The van der Waals surface area contributed by atoms with E-state index in [1.807, 2.05) is 0 Å². The van der Waals surface area contributed by atoms with Crippen LogP contribution < -0.4 is 5.32 Å². The fourth-order valence-electron chi connectivity index (χ4n) is 2.09. The van der Waals surface area contributed by atoms with Crippen molar-refractivity contribution in [2.45, 2.75) is 19.3 Å². The lowest BCUT2D eigenvalue weighted by Gasteiger charge is -2.23. The summed E-state index contributed by atoms with van der Waals surface area (Å²) in [6, 6.07) is 3.46. The molecule has 1 aliphatic carbocycles. The first-order chi connectivity index (χ1) is 10.1. The van der Waals surface area contributed by atoms with Crippen molar-refractivity contribution in [3.05, 3.63) is 29.4 Å². The molecule has 0 aliphatic heterocycles. The zero-order chi connectivity index (χ0) is 14.8. The average molecular weight is 303 g/mol. The Morgan fingerprint density at radius 3 is 2.76 bits per heavy atom. The topological polar surface area (TPSA) is 92.2 Å². The molecule has 0 atom stereocenters. The van der Waals surface area contributed by atoms with Crippen molar-refractivity contribution in [2.75, 3.05) is 5.32 Å². The van der Waals surface area contributed by atoms with E-state index in [2.05, 4.69) is 15.3 Å². The number of amides is 1. The van der Waals surface area contributed by atoms with Gasteiger partial charge in [-0.3, -0.25) is 9.78 Å². The Hall–Kier alpha value is -2.28. The first-order valence-electron chi connectivity index (χ1n) is 6.60. The second kappa shape index (κ2) is 5.61. The number of pyridine rings is 1. The van der Waals surface area contributed by atoms with Crippen molar-refractivity contribution in [3.8, 4) is 11.3 Å². The molecule has 1 aliphatic rings. The first kappa shape index (κ1) is 13.7. The highest BCUT2D eigenvalue weighted by atomic mass is 32.1. The molecule has 1 amide bonds. The van der Waals surface area contributed by atoms with Gasteiger partial charge in [0.15, 0.2) is 5.13 Å². The molecule has 0 aromatic carbocycles. The molecule has 0 saturated heterocycles. The number of nitrogens with one attached hydrogen (secondary N) is 1. The summed E-state index contributed by atoms with van der Waals surface area (Å²) in [5.41, 5.74) is 0.958. The van der Waals surface area contributed by atoms with E-state index in [0.717, 1.165) is 30.6 Å². The lowest BCUT2D eigenvalue weighted by atomic mass is 9.85. The molecule has 2 aromatic heterocycles. The zero-order valence-electron chi connectivity index (χ0n) is 11.1. The third-order valence-electron chi connectivity index (χ3n) is 3.46. The number of carboxylic acids is 1. The van der Waals surface area contributed by atoms with Gasteiger partial charge in [-0.15, -0.1) is 0 Å². The van der Waals surface area contributed by atoms with E-state index in [1.165, 1.54) is 0 Å². The van der Waals surface area contributed by atoms with Gasteiger partial charge in [-0.25, -0.2) is 9.78 Å². The standard InChI is InChI=1S/C14H13N3O3S/c18-12(8-3-1-4-8)17-14-16-10(11(21-14)13(19)20)9-5-2-6-15-7-9/h2,5-8H,1,3-4H2,(H,19,20)(H,16,17,18). The Kier molecular flexibility index (Phi) is 3.66. The predicted molar refractivity (Wildman–Crippen MR) is 78.3 cm³/mol. The molecule has 1 saturated carbocycles. The van der Waals surface area contributed by atoms with Crippen LogP contribution >= 0.6 is 11.3 Å². The maximum absolute atomic E-state index is 11.9. The van der Waals surface area contributed by atoms with Crippen molar-refractivity contribution in [3.63, 3.8) is 0 Å². The summed E-state index contributed by atoms with van der Waals surface area (Å²) in [4.78, 5) is 31.6. The van der Waals surface area contributed by atoms with Crippen LogP contribution in [0.15, 0.2) is 24.5 Å². The molecule has 6 nitrogen and oxygen atoms in total. The fraction of sp³-hybridized carbons (Fsp3) is 0.286. The number of hydrogen-bond acceptors (Lipinski definition) is 5. The highest BCUT2D eigenvalue weighted by Gasteiger charge is 2.27. The fourth-order valence-corrected chi connectivity index (χ4v) is 2.92. The van der Waals surface area contributed by atoms with Gasteiger partial charge < -0.3 is 10.4 Å². The van der Waals surface area contributed by atoms with Crippen molar-refractivity contribution in [1.82, 2.24) is 9.97 Å². The Balaban J connectivity index is 1.89. The van der Waals surface area contributed by atoms with Crippen molar-refractivity contribution >= 4 is 28.3 Å². The summed E-state index contributed by atoms with van der Waals surface area (Å²) >= 11 is 0.972. The summed E-state index contributed by atoms with van der Waals surface area (Å²) < 4.78 is 0. The number of carboxylic acid groups (broad SMARTS) is 1. The van der Waals surface area contributed by atoms with Crippen LogP contribution in [0.2, 0.25) is 0 Å². The van der Waals surface area contributed by atoms with E-state index in [1.54, 1.807) is 24.5 Å². The zero-order valence-corrected chi connectivity index (χ0v) is 11.9. The van der Waals surface area contributed by atoms with Gasteiger partial charge in [-0.1, -0.05) is 17.8 Å². The van der Waals surface area contributed by atoms with Crippen molar-refractivity contribution in [2.24, 2.45) is 5.92 Å². The average Bonchev–Trinajstić information content (AvgIpc) is 2.81. The summed E-state index contributed by atoms with van der Waals surface area (Å²) in [6.45, 7) is 0. The van der Waals surface area contributed by atoms with E-state index in [-0.39, 0.29) is 16.7 Å². The normalized spacial score (nSPS) is 14.5. The second-order valence-electron chi connectivity index (χ2n) is 4.86. The number of rotatable bonds is 4. The number of hydrogen-bond donors (Lipinski definition) is 2.